The van der Waals surface area contributed by atoms with Crippen LogP contribution in [0.2, 0.25) is 0 Å². The highest BCUT2D eigenvalue weighted by atomic mass is 16.3. The number of aromatic nitrogens is 4. The third kappa shape index (κ3) is 2.58. The van der Waals surface area contributed by atoms with E-state index in [0.717, 1.165) is 11.3 Å². The summed E-state index contributed by atoms with van der Waals surface area (Å²) in [5.74, 6) is 1.14. The van der Waals surface area contributed by atoms with Crippen LogP contribution in [0.1, 0.15) is 17.1 Å². The van der Waals surface area contributed by atoms with Crippen LogP contribution in [-0.4, -0.2) is 20.2 Å². The van der Waals surface area contributed by atoms with Gasteiger partial charge in [0, 0.05) is 6.07 Å². The second-order valence-electron chi connectivity index (χ2n) is 5.59. The molecule has 2 aromatic heterocycles. The Morgan fingerprint density at radius 2 is 1.88 bits per heavy atom. The van der Waals surface area contributed by atoms with Crippen molar-refractivity contribution in [3.63, 3.8) is 0 Å². The number of benzene rings is 2. The fourth-order valence-electron chi connectivity index (χ4n) is 2.60. The summed E-state index contributed by atoms with van der Waals surface area (Å²) >= 11 is 0. The van der Waals surface area contributed by atoms with Gasteiger partial charge >= 0.3 is 0 Å². The molecule has 4 rings (SSSR count). The first-order chi connectivity index (χ1) is 11.7. The Labute approximate surface area is 137 Å². The van der Waals surface area contributed by atoms with Gasteiger partial charge in [0.15, 0.2) is 11.3 Å². The monoisotopic (exact) mass is 318 g/mol. The van der Waals surface area contributed by atoms with Crippen molar-refractivity contribution in [3.05, 3.63) is 82.0 Å². The van der Waals surface area contributed by atoms with E-state index in [1.807, 2.05) is 43.3 Å². The van der Waals surface area contributed by atoms with Crippen molar-refractivity contribution >= 4 is 11.0 Å². The predicted octanol–water partition coefficient (Wildman–Crippen LogP) is 2.67. The van der Waals surface area contributed by atoms with Gasteiger partial charge in [-0.2, -0.15) is 4.68 Å². The topological polar surface area (TPSA) is 73.8 Å². The minimum atomic E-state index is -0.0683. The van der Waals surface area contributed by atoms with Crippen molar-refractivity contribution in [2.24, 2.45) is 0 Å². The van der Waals surface area contributed by atoms with Crippen molar-refractivity contribution < 1.29 is 4.42 Å². The maximum Gasteiger partial charge on any atom is 0.192 e. The number of rotatable bonds is 3. The van der Waals surface area contributed by atoms with Gasteiger partial charge in [0.1, 0.15) is 11.3 Å². The number of para-hydroxylation sites is 1. The zero-order chi connectivity index (χ0) is 16.5. The van der Waals surface area contributed by atoms with Crippen LogP contribution >= 0.6 is 0 Å². The fraction of sp³-hybridized carbons (Fsp3) is 0.111. The quantitative estimate of drug-likeness (QED) is 0.580. The second kappa shape index (κ2) is 5.73. The molecule has 0 spiro atoms. The van der Waals surface area contributed by atoms with Crippen LogP contribution < -0.4 is 5.43 Å². The molecular formula is C18H14N4O2. The van der Waals surface area contributed by atoms with Crippen molar-refractivity contribution in [1.82, 2.24) is 20.2 Å². The van der Waals surface area contributed by atoms with Crippen LogP contribution in [-0.2, 0) is 6.42 Å². The van der Waals surface area contributed by atoms with E-state index in [-0.39, 0.29) is 5.43 Å². The third-order valence-electron chi connectivity index (χ3n) is 3.83. The van der Waals surface area contributed by atoms with Crippen LogP contribution in [0, 0.1) is 6.92 Å². The predicted molar refractivity (Wildman–Crippen MR) is 89.2 cm³/mol. The van der Waals surface area contributed by atoms with Crippen LogP contribution in [0.4, 0.5) is 0 Å². The molecule has 0 atom stereocenters. The normalized spacial score (nSPS) is 11.0. The van der Waals surface area contributed by atoms with Gasteiger partial charge in [0.25, 0.3) is 0 Å². The smallest absolute Gasteiger partial charge is 0.192 e. The molecule has 0 aliphatic carbocycles. The summed E-state index contributed by atoms with van der Waals surface area (Å²) in [6.45, 7) is 2.02. The maximum absolute atomic E-state index is 12.2. The van der Waals surface area contributed by atoms with Crippen LogP contribution in [0.5, 0.6) is 0 Å². The van der Waals surface area contributed by atoms with Crippen molar-refractivity contribution in [3.8, 4) is 5.69 Å². The Balaban J connectivity index is 1.73. The molecule has 0 amide bonds. The molecule has 24 heavy (non-hydrogen) atoms. The molecule has 0 aliphatic heterocycles. The minimum absolute atomic E-state index is 0.0683. The van der Waals surface area contributed by atoms with Gasteiger partial charge in [0.2, 0.25) is 0 Å². The molecule has 118 valence electrons. The first-order valence-corrected chi connectivity index (χ1v) is 7.57. The van der Waals surface area contributed by atoms with Crippen LogP contribution in [0.25, 0.3) is 16.7 Å². The number of hydrogen-bond donors (Lipinski definition) is 0. The highest BCUT2D eigenvalue weighted by molar-refractivity contribution is 5.76. The van der Waals surface area contributed by atoms with Gasteiger partial charge in [-0.15, -0.1) is 5.10 Å². The van der Waals surface area contributed by atoms with Gasteiger partial charge in [0.05, 0.1) is 17.5 Å². The Bertz CT molecular complexity index is 1060. The largest absolute Gasteiger partial charge is 0.460 e. The Morgan fingerprint density at radius 3 is 2.71 bits per heavy atom. The van der Waals surface area contributed by atoms with Gasteiger partial charge in [-0.1, -0.05) is 29.8 Å². The second-order valence-corrected chi connectivity index (χ2v) is 5.59. The summed E-state index contributed by atoms with van der Waals surface area (Å²) < 4.78 is 7.46. The molecule has 6 heteroatoms. The molecule has 0 radical (unpaired) electrons. The molecule has 0 fully saturated rings. The molecule has 2 heterocycles. The summed E-state index contributed by atoms with van der Waals surface area (Å²) in [5, 5.41) is 12.4. The molecule has 0 aliphatic rings. The highest BCUT2D eigenvalue weighted by Gasteiger charge is 2.12. The lowest BCUT2D eigenvalue weighted by atomic mass is 10.2. The SMILES string of the molecule is Cc1ccc(-n2nnnc2Cc2cc(=O)c3ccccc3o2)cc1. The first kappa shape index (κ1) is 14.3. The summed E-state index contributed by atoms with van der Waals surface area (Å²) in [6, 6.07) is 16.6. The number of aryl methyl sites for hydroxylation is 1. The van der Waals surface area contributed by atoms with Crippen molar-refractivity contribution in [2.75, 3.05) is 0 Å². The van der Waals surface area contributed by atoms with Crippen molar-refractivity contribution in [1.29, 1.82) is 0 Å². The molecule has 0 unspecified atom stereocenters. The molecule has 2 aromatic carbocycles. The van der Waals surface area contributed by atoms with E-state index in [1.165, 1.54) is 6.07 Å². The minimum Gasteiger partial charge on any atom is -0.460 e. The van der Waals surface area contributed by atoms with Crippen LogP contribution in [0.15, 0.2) is 63.8 Å². The Morgan fingerprint density at radius 1 is 1.08 bits per heavy atom. The van der Waals surface area contributed by atoms with E-state index in [4.69, 9.17) is 4.42 Å². The fourth-order valence-corrected chi connectivity index (χ4v) is 2.60. The molecule has 0 saturated carbocycles. The summed E-state index contributed by atoms with van der Waals surface area (Å²) in [5.41, 5.74) is 2.52. The van der Waals surface area contributed by atoms with Crippen LogP contribution in [0.3, 0.4) is 0 Å². The Hall–Kier alpha value is -3.28. The number of tetrazole rings is 1. The molecular weight excluding hydrogens is 304 g/mol. The Kier molecular flexibility index (Phi) is 3.42. The van der Waals surface area contributed by atoms with E-state index in [1.54, 1.807) is 16.8 Å². The van der Waals surface area contributed by atoms with Crippen molar-refractivity contribution in [2.45, 2.75) is 13.3 Å². The average molecular weight is 318 g/mol. The summed E-state index contributed by atoms with van der Waals surface area (Å²) in [4.78, 5) is 12.2. The van der Waals surface area contributed by atoms with Gasteiger partial charge in [-0.25, -0.2) is 0 Å². The highest BCUT2D eigenvalue weighted by Crippen LogP contribution is 2.16. The molecule has 0 N–H and O–H groups in total. The maximum atomic E-state index is 12.2. The number of hydrogen-bond acceptors (Lipinski definition) is 5. The van der Waals surface area contributed by atoms with Gasteiger partial charge < -0.3 is 4.42 Å². The molecule has 6 nitrogen and oxygen atoms in total. The summed E-state index contributed by atoms with van der Waals surface area (Å²) in [6.07, 6.45) is 0.334. The van der Waals surface area contributed by atoms with E-state index in [0.29, 0.717) is 29.0 Å². The molecule has 0 bridgehead atoms. The lowest BCUT2D eigenvalue weighted by Gasteiger charge is -2.05. The standard InChI is InChI=1S/C18H14N4O2/c1-12-6-8-13(9-7-12)22-18(19-20-21-22)11-14-10-16(23)15-4-2-3-5-17(15)24-14/h2-10H,11H2,1H3. The third-order valence-corrected chi connectivity index (χ3v) is 3.83. The first-order valence-electron chi connectivity index (χ1n) is 7.57. The molecule has 4 aromatic rings. The average Bonchev–Trinajstić information content (AvgIpc) is 3.04. The lowest BCUT2D eigenvalue weighted by molar-refractivity contribution is 0.541. The van der Waals surface area contributed by atoms with E-state index in [9.17, 15) is 4.79 Å². The number of nitrogens with zero attached hydrogens (tertiary/aromatic N) is 4. The van der Waals surface area contributed by atoms with Gasteiger partial charge in [-0.05, 0) is 41.6 Å². The zero-order valence-corrected chi connectivity index (χ0v) is 13.0. The van der Waals surface area contributed by atoms with E-state index < -0.39 is 0 Å². The van der Waals surface area contributed by atoms with E-state index in [2.05, 4.69) is 15.5 Å². The number of fused-ring (bicyclic) bond motifs is 1. The lowest BCUT2D eigenvalue weighted by Crippen LogP contribution is -2.07. The van der Waals surface area contributed by atoms with E-state index >= 15 is 0 Å². The summed E-state index contributed by atoms with van der Waals surface area (Å²) in [7, 11) is 0. The zero-order valence-electron chi connectivity index (χ0n) is 13.0. The molecule has 0 saturated heterocycles. The van der Waals surface area contributed by atoms with Gasteiger partial charge in [-0.3, -0.25) is 4.79 Å².